The number of rotatable bonds is 4. The molecule has 1 amide bonds. The number of ether oxygens (including phenoxy) is 1. The van der Waals surface area contributed by atoms with Crippen molar-refractivity contribution in [2.75, 3.05) is 20.2 Å². The maximum absolute atomic E-state index is 11.8. The maximum Gasteiger partial charge on any atom is 0.223 e. The van der Waals surface area contributed by atoms with Crippen LogP contribution in [0.15, 0.2) is 24.3 Å². The van der Waals surface area contributed by atoms with E-state index in [9.17, 15) is 4.79 Å². The number of carbonyl (C=O) groups excluding carboxylic acids is 1. The number of amides is 1. The van der Waals surface area contributed by atoms with E-state index in [1.165, 1.54) is 11.1 Å². The summed E-state index contributed by atoms with van der Waals surface area (Å²) < 4.78 is 5.15. The minimum atomic E-state index is 0.235. The summed E-state index contributed by atoms with van der Waals surface area (Å²) in [7, 11) is 1.69. The van der Waals surface area contributed by atoms with Crippen LogP contribution in [0.5, 0.6) is 0 Å². The summed E-state index contributed by atoms with van der Waals surface area (Å²) in [6.45, 7) is 3.58. The van der Waals surface area contributed by atoms with Crippen molar-refractivity contribution in [3.63, 3.8) is 0 Å². The van der Waals surface area contributed by atoms with Crippen molar-refractivity contribution in [3.8, 4) is 0 Å². The molecule has 1 aromatic rings. The molecule has 0 aromatic heterocycles. The summed E-state index contributed by atoms with van der Waals surface area (Å²) in [6, 6.07) is 8.36. The van der Waals surface area contributed by atoms with Gasteiger partial charge < -0.3 is 9.64 Å². The Balaban J connectivity index is 1.75. The lowest BCUT2D eigenvalue weighted by molar-refractivity contribution is -0.142. The summed E-state index contributed by atoms with van der Waals surface area (Å²) >= 11 is 0. The Kier molecular flexibility index (Phi) is 3.79. The summed E-state index contributed by atoms with van der Waals surface area (Å²) in [6.07, 6.45) is 1.67. The first-order valence-electron chi connectivity index (χ1n) is 6.05. The van der Waals surface area contributed by atoms with Gasteiger partial charge in [-0.25, -0.2) is 0 Å². The normalized spacial score (nSPS) is 15.8. The minimum absolute atomic E-state index is 0.235. The average Bonchev–Trinajstić information content (AvgIpc) is 2.27. The van der Waals surface area contributed by atoms with Gasteiger partial charge in [-0.2, -0.15) is 0 Å². The highest BCUT2D eigenvalue weighted by atomic mass is 16.5. The number of hydrogen-bond acceptors (Lipinski definition) is 2. The molecule has 0 radical (unpaired) electrons. The molecular formula is C14H19NO2. The lowest BCUT2D eigenvalue weighted by Crippen LogP contribution is -2.54. The van der Waals surface area contributed by atoms with Gasteiger partial charge in [0.25, 0.3) is 0 Å². The van der Waals surface area contributed by atoms with Crippen LogP contribution in [0, 0.1) is 6.92 Å². The fourth-order valence-electron chi connectivity index (χ4n) is 1.95. The van der Waals surface area contributed by atoms with Crippen molar-refractivity contribution >= 4 is 5.91 Å². The second-order valence-electron chi connectivity index (χ2n) is 4.64. The third kappa shape index (κ3) is 3.07. The first kappa shape index (κ1) is 12.1. The summed E-state index contributed by atoms with van der Waals surface area (Å²) in [5.74, 6) is 0.235. The molecule has 0 aliphatic carbocycles. The SMILES string of the molecule is COC1CN(C(=O)CCc2ccc(C)cc2)C1. The lowest BCUT2D eigenvalue weighted by atomic mass is 10.1. The van der Waals surface area contributed by atoms with Gasteiger partial charge in [0.15, 0.2) is 0 Å². The van der Waals surface area contributed by atoms with Crippen molar-refractivity contribution < 1.29 is 9.53 Å². The predicted molar refractivity (Wildman–Crippen MR) is 66.9 cm³/mol. The molecule has 1 aliphatic heterocycles. The number of benzene rings is 1. The van der Waals surface area contributed by atoms with E-state index >= 15 is 0 Å². The number of likely N-dealkylation sites (tertiary alicyclic amines) is 1. The topological polar surface area (TPSA) is 29.5 Å². The summed E-state index contributed by atoms with van der Waals surface area (Å²) in [5.41, 5.74) is 2.48. The predicted octanol–water partition coefficient (Wildman–Crippen LogP) is 1.78. The van der Waals surface area contributed by atoms with Crippen molar-refractivity contribution in [2.24, 2.45) is 0 Å². The van der Waals surface area contributed by atoms with Gasteiger partial charge in [-0.1, -0.05) is 29.8 Å². The average molecular weight is 233 g/mol. The van der Waals surface area contributed by atoms with Crippen molar-refractivity contribution in [2.45, 2.75) is 25.9 Å². The highest BCUT2D eigenvalue weighted by molar-refractivity contribution is 5.77. The van der Waals surface area contributed by atoms with Gasteiger partial charge in [0, 0.05) is 26.6 Å². The Bertz CT molecular complexity index is 380. The molecule has 2 rings (SSSR count). The van der Waals surface area contributed by atoms with E-state index in [4.69, 9.17) is 4.74 Å². The van der Waals surface area contributed by atoms with Gasteiger partial charge in [-0.05, 0) is 18.9 Å². The minimum Gasteiger partial charge on any atom is -0.378 e. The van der Waals surface area contributed by atoms with E-state index in [-0.39, 0.29) is 12.0 Å². The number of hydrogen-bond donors (Lipinski definition) is 0. The van der Waals surface area contributed by atoms with E-state index in [0.29, 0.717) is 6.42 Å². The maximum atomic E-state index is 11.8. The van der Waals surface area contributed by atoms with Gasteiger partial charge in [0.1, 0.15) is 0 Å². The summed E-state index contributed by atoms with van der Waals surface area (Å²) in [5, 5.41) is 0. The van der Waals surface area contributed by atoms with Crippen LogP contribution in [0.1, 0.15) is 17.5 Å². The van der Waals surface area contributed by atoms with E-state index < -0.39 is 0 Å². The molecule has 0 atom stereocenters. The number of methoxy groups -OCH3 is 1. The molecule has 1 aromatic carbocycles. The molecule has 1 heterocycles. The van der Waals surface area contributed by atoms with Crippen LogP contribution in [-0.2, 0) is 16.0 Å². The molecule has 1 saturated heterocycles. The zero-order valence-electron chi connectivity index (χ0n) is 10.5. The van der Waals surface area contributed by atoms with Crippen molar-refractivity contribution in [3.05, 3.63) is 35.4 Å². The summed E-state index contributed by atoms with van der Waals surface area (Å²) in [4.78, 5) is 13.7. The van der Waals surface area contributed by atoms with E-state index in [1.54, 1.807) is 7.11 Å². The molecular weight excluding hydrogens is 214 g/mol. The molecule has 0 spiro atoms. The molecule has 0 N–H and O–H groups in total. The van der Waals surface area contributed by atoms with Crippen molar-refractivity contribution in [1.82, 2.24) is 4.90 Å². The Hall–Kier alpha value is -1.35. The molecule has 1 fully saturated rings. The van der Waals surface area contributed by atoms with Crippen molar-refractivity contribution in [1.29, 1.82) is 0 Å². The Morgan fingerprint density at radius 3 is 2.59 bits per heavy atom. The quantitative estimate of drug-likeness (QED) is 0.793. The Labute approximate surface area is 102 Å². The van der Waals surface area contributed by atoms with Crippen LogP contribution in [-0.4, -0.2) is 37.1 Å². The zero-order chi connectivity index (χ0) is 12.3. The molecule has 0 unspecified atom stereocenters. The number of aryl methyl sites for hydroxylation is 2. The molecule has 3 nitrogen and oxygen atoms in total. The first-order chi connectivity index (χ1) is 8.19. The molecule has 1 aliphatic rings. The largest absolute Gasteiger partial charge is 0.378 e. The second-order valence-corrected chi connectivity index (χ2v) is 4.64. The van der Waals surface area contributed by atoms with Gasteiger partial charge in [-0.3, -0.25) is 4.79 Å². The van der Waals surface area contributed by atoms with E-state index in [0.717, 1.165) is 19.5 Å². The van der Waals surface area contributed by atoms with Crippen LogP contribution >= 0.6 is 0 Å². The highest BCUT2D eigenvalue weighted by Gasteiger charge is 2.29. The van der Waals surface area contributed by atoms with Gasteiger partial charge >= 0.3 is 0 Å². The van der Waals surface area contributed by atoms with Crippen LogP contribution in [0.25, 0.3) is 0 Å². The Morgan fingerprint density at radius 1 is 1.35 bits per heavy atom. The third-order valence-corrected chi connectivity index (χ3v) is 3.28. The molecule has 0 bridgehead atoms. The third-order valence-electron chi connectivity index (χ3n) is 3.28. The van der Waals surface area contributed by atoms with Crippen LogP contribution in [0.4, 0.5) is 0 Å². The monoisotopic (exact) mass is 233 g/mol. The number of carbonyl (C=O) groups is 1. The standard InChI is InChI=1S/C14H19NO2/c1-11-3-5-12(6-4-11)7-8-14(16)15-9-13(10-15)17-2/h3-6,13H,7-10H2,1-2H3. The molecule has 92 valence electrons. The molecule has 0 saturated carbocycles. The van der Waals surface area contributed by atoms with Crippen LogP contribution < -0.4 is 0 Å². The van der Waals surface area contributed by atoms with Crippen LogP contribution in [0.2, 0.25) is 0 Å². The Morgan fingerprint density at radius 2 is 2.00 bits per heavy atom. The molecule has 3 heteroatoms. The van der Waals surface area contributed by atoms with Gasteiger partial charge in [0.05, 0.1) is 6.10 Å². The van der Waals surface area contributed by atoms with Crippen LogP contribution in [0.3, 0.4) is 0 Å². The highest BCUT2D eigenvalue weighted by Crippen LogP contribution is 2.14. The smallest absolute Gasteiger partial charge is 0.223 e. The zero-order valence-corrected chi connectivity index (χ0v) is 10.5. The molecule has 17 heavy (non-hydrogen) atoms. The fraction of sp³-hybridized carbons (Fsp3) is 0.500. The second kappa shape index (κ2) is 5.32. The van der Waals surface area contributed by atoms with Gasteiger partial charge in [-0.15, -0.1) is 0 Å². The van der Waals surface area contributed by atoms with Gasteiger partial charge in [0.2, 0.25) is 5.91 Å². The lowest BCUT2D eigenvalue weighted by Gasteiger charge is -2.38. The van der Waals surface area contributed by atoms with E-state index in [1.807, 2.05) is 4.90 Å². The number of nitrogens with zero attached hydrogens (tertiary/aromatic N) is 1. The first-order valence-corrected chi connectivity index (χ1v) is 6.05. The van der Waals surface area contributed by atoms with E-state index in [2.05, 4.69) is 31.2 Å². The fourth-order valence-corrected chi connectivity index (χ4v) is 1.95.